The summed E-state index contributed by atoms with van der Waals surface area (Å²) in [5, 5.41) is 5.16. The lowest BCUT2D eigenvalue weighted by Crippen LogP contribution is -2.11. The summed E-state index contributed by atoms with van der Waals surface area (Å²) in [5.41, 5.74) is 14.7. The number of rotatable bonds is 7. The van der Waals surface area contributed by atoms with Crippen molar-refractivity contribution < 1.29 is 0 Å². The van der Waals surface area contributed by atoms with E-state index in [1.165, 1.54) is 71.7 Å². The lowest BCUT2D eigenvalue weighted by Gasteiger charge is -2.28. The van der Waals surface area contributed by atoms with Gasteiger partial charge in [0.25, 0.3) is 0 Å². The largest absolute Gasteiger partial charge is 0.313 e. The average molecular weight is 691 g/mol. The Bertz CT molecular complexity index is 2840. The second-order valence-electron chi connectivity index (χ2n) is 14.1. The van der Waals surface area contributed by atoms with Crippen LogP contribution in [0.1, 0.15) is 18.4 Å². The van der Waals surface area contributed by atoms with E-state index in [0.717, 1.165) is 29.9 Å². The second kappa shape index (κ2) is 13.6. The van der Waals surface area contributed by atoms with Crippen molar-refractivity contribution in [2.24, 2.45) is 0 Å². The molecule has 0 aliphatic heterocycles. The van der Waals surface area contributed by atoms with Crippen molar-refractivity contribution in [2.45, 2.75) is 12.8 Å². The summed E-state index contributed by atoms with van der Waals surface area (Å²) in [4.78, 5) is 2.39. The first-order valence-electron chi connectivity index (χ1n) is 18.8. The average Bonchev–Trinajstić information content (AvgIpc) is 3.57. The molecule has 0 spiro atoms. The standard InChI is InChI=1S/C52H38N2/c1-3-13-37(14-4-1)38-23-29-44(30-24-38)53(50-21-11-9-19-47(50)41-15-5-2-6-16-41)45-31-25-39(26-32-45)40-27-33-46(34-28-40)54-51-22-12-10-20-48(51)49-35-42-17-7-8-18-43(42)36-52(49)54/h1-27,29-33,35-36H,28,34H2. The normalized spacial score (nSPS) is 12.9. The molecule has 0 unspecified atom stereocenters. The van der Waals surface area contributed by atoms with Crippen molar-refractivity contribution in [2.75, 3.05) is 4.90 Å². The van der Waals surface area contributed by atoms with E-state index in [-0.39, 0.29) is 0 Å². The van der Waals surface area contributed by atoms with Gasteiger partial charge in [0.15, 0.2) is 0 Å². The highest BCUT2D eigenvalue weighted by Crippen LogP contribution is 2.43. The predicted octanol–water partition coefficient (Wildman–Crippen LogP) is 14.5. The van der Waals surface area contributed by atoms with Crippen LogP contribution in [-0.4, -0.2) is 4.57 Å². The van der Waals surface area contributed by atoms with Crippen LogP contribution in [0.5, 0.6) is 0 Å². The van der Waals surface area contributed by atoms with Crippen LogP contribution in [0.4, 0.5) is 17.1 Å². The molecular formula is C52H38N2. The molecule has 2 nitrogen and oxygen atoms in total. The summed E-state index contributed by atoms with van der Waals surface area (Å²) in [6.45, 7) is 0. The molecular weight excluding hydrogens is 653 g/mol. The molecule has 0 fully saturated rings. The fraction of sp³-hybridized carbons (Fsp3) is 0.0385. The first kappa shape index (κ1) is 31.8. The third kappa shape index (κ3) is 5.70. The molecule has 1 heterocycles. The SMILES string of the molecule is C1=C(c2ccc(N(c3ccc(-c4ccccc4)cc3)c3ccccc3-c3ccccc3)cc2)CCC(n2c3ccccc3c3cc4ccccc4cc32)=C1. The number of hydrogen-bond acceptors (Lipinski definition) is 1. The molecule has 0 amide bonds. The minimum absolute atomic E-state index is 0.971. The Balaban J connectivity index is 1.02. The Hall–Kier alpha value is -6.90. The highest BCUT2D eigenvalue weighted by Gasteiger charge is 2.20. The first-order chi connectivity index (χ1) is 26.8. The molecule has 0 bridgehead atoms. The van der Waals surface area contributed by atoms with Gasteiger partial charge in [0, 0.05) is 33.4 Å². The van der Waals surface area contributed by atoms with Gasteiger partial charge in [-0.3, -0.25) is 0 Å². The van der Waals surface area contributed by atoms with E-state index in [2.05, 4.69) is 216 Å². The van der Waals surface area contributed by atoms with Gasteiger partial charge in [0.1, 0.15) is 0 Å². The molecule has 9 aromatic rings. The molecule has 0 atom stereocenters. The Labute approximate surface area is 316 Å². The van der Waals surface area contributed by atoms with Crippen molar-refractivity contribution in [3.05, 3.63) is 212 Å². The molecule has 8 aromatic carbocycles. The second-order valence-corrected chi connectivity index (χ2v) is 14.1. The third-order valence-electron chi connectivity index (χ3n) is 10.9. The first-order valence-corrected chi connectivity index (χ1v) is 18.8. The summed E-state index contributed by atoms with van der Waals surface area (Å²) in [5.74, 6) is 0. The van der Waals surface area contributed by atoms with Gasteiger partial charge in [0.05, 0.1) is 16.7 Å². The topological polar surface area (TPSA) is 8.17 Å². The van der Waals surface area contributed by atoms with E-state index >= 15 is 0 Å². The van der Waals surface area contributed by atoms with Crippen molar-refractivity contribution >= 4 is 60.9 Å². The van der Waals surface area contributed by atoms with Crippen LogP contribution >= 0.6 is 0 Å². The van der Waals surface area contributed by atoms with Crippen molar-refractivity contribution in [3.8, 4) is 22.3 Å². The van der Waals surface area contributed by atoms with E-state index in [0.29, 0.717) is 0 Å². The molecule has 0 radical (unpaired) electrons. The van der Waals surface area contributed by atoms with Crippen LogP contribution in [0.25, 0.3) is 66.1 Å². The zero-order chi connectivity index (χ0) is 35.8. The molecule has 2 heteroatoms. The predicted molar refractivity (Wildman–Crippen MR) is 230 cm³/mol. The molecule has 1 aliphatic rings. The Morgan fingerprint density at radius 1 is 0.389 bits per heavy atom. The lowest BCUT2D eigenvalue weighted by atomic mass is 9.95. The van der Waals surface area contributed by atoms with E-state index in [1.54, 1.807) is 0 Å². The van der Waals surface area contributed by atoms with Gasteiger partial charge in [-0.2, -0.15) is 0 Å². The van der Waals surface area contributed by atoms with Crippen molar-refractivity contribution in [1.82, 2.24) is 4.57 Å². The van der Waals surface area contributed by atoms with E-state index in [4.69, 9.17) is 0 Å². The van der Waals surface area contributed by atoms with Crippen molar-refractivity contribution in [1.29, 1.82) is 0 Å². The van der Waals surface area contributed by atoms with Crippen LogP contribution in [0.2, 0.25) is 0 Å². The minimum Gasteiger partial charge on any atom is -0.313 e. The molecule has 1 aromatic heterocycles. The summed E-state index contributed by atoms with van der Waals surface area (Å²) >= 11 is 0. The smallest absolute Gasteiger partial charge is 0.0544 e. The third-order valence-corrected chi connectivity index (χ3v) is 10.9. The van der Waals surface area contributed by atoms with Gasteiger partial charge in [0.2, 0.25) is 0 Å². The van der Waals surface area contributed by atoms with Gasteiger partial charge >= 0.3 is 0 Å². The summed E-state index contributed by atoms with van der Waals surface area (Å²) in [6, 6.07) is 70.3. The number of benzene rings is 8. The molecule has 1 aliphatic carbocycles. The monoisotopic (exact) mass is 690 g/mol. The number of anilines is 3. The molecule has 0 N–H and O–H groups in total. The van der Waals surface area contributed by atoms with Gasteiger partial charge in [-0.15, -0.1) is 0 Å². The van der Waals surface area contributed by atoms with E-state index in [9.17, 15) is 0 Å². The summed E-state index contributed by atoms with van der Waals surface area (Å²) < 4.78 is 2.48. The van der Waals surface area contributed by atoms with Crippen LogP contribution in [0, 0.1) is 0 Å². The van der Waals surface area contributed by atoms with Crippen molar-refractivity contribution in [3.63, 3.8) is 0 Å². The van der Waals surface area contributed by atoms with Gasteiger partial charge in [-0.05, 0) is 106 Å². The maximum Gasteiger partial charge on any atom is 0.0544 e. The Morgan fingerprint density at radius 2 is 0.963 bits per heavy atom. The number of aromatic nitrogens is 1. The van der Waals surface area contributed by atoms with Crippen LogP contribution < -0.4 is 4.90 Å². The van der Waals surface area contributed by atoms with E-state index < -0.39 is 0 Å². The fourth-order valence-corrected chi connectivity index (χ4v) is 8.23. The number of allylic oxidation sites excluding steroid dienone is 4. The maximum absolute atomic E-state index is 2.48. The zero-order valence-electron chi connectivity index (χ0n) is 29.9. The maximum atomic E-state index is 2.48. The summed E-state index contributed by atoms with van der Waals surface area (Å²) in [7, 11) is 0. The van der Waals surface area contributed by atoms with E-state index in [1.807, 2.05) is 0 Å². The molecule has 0 saturated heterocycles. The Kier molecular flexibility index (Phi) is 8.00. The highest BCUT2D eigenvalue weighted by molar-refractivity contribution is 6.14. The number of nitrogens with zero attached hydrogens (tertiary/aromatic N) is 2. The van der Waals surface area contributed by atoms with Crippen LogP contribution in [-0.2, 0) is 0 Å². The molecule has 54 heavy (non-hydrogen) atoms. The highest BCUT2D eigenvalue weighted by atomic mass is 15.1. The Morgan fingerprint density at radius 3 is 1.67 bits per heavy atom. The fourth-order valence-electron chi connectivity index (χ4n) is 8.23. The number of para-hydroxylation sites is 2. The quantitative estimate of drug-likeness (QED) is 0.162. The zero-order valence-corrected chi connectivity index (χ0v) is 29.9. The summed E-state index contributed by atoms with van der Waals surface area (Å²) in [6.07, 6.45) is 6.62. The lowest BCUT2D eigenvalue weighted by molar-refractivity contribution is 0.992. The molecule has 0 saturated carbocycles. The minimum atomic E-state index is 0.971. The van der Waals surface area contributed by atoms with Crippen LogP contribution in [0.3, 0.4) is 0 Å². The number of hydrogen-bond donors (Lipinski definition) is 0. The number of fused-ring (bicyclic) bond motifs is 4. The molecule has 256 valence electrons. The van der Waals surface area contributed by atoms with Gasteiger partial charge in [-0.25, -0.2) is 0 Å². The van der Waals surface area contributed by atoms with Crippen LogP contribution in [0.15, 0.2) is 206 Å². The van der Waals surface area contributed by atoms with Gasteiger partial charge < -0.3 is 9.47 Å². The van der Waals surface area contributed by atoms with Gasteiger partial charge in [-0.1, -0.05) is 152 Å². The molecule has 10 rings (SSSR count).